The summed E-state index contributed by atoms with van der Waals surface area (Å²) >= 11 is 0. The van der Waals surface area contributed by atoms with Crippen LogP contribution in [-0.2, 0) is 13.1 Å². The van der Waals surface area contributed by atoms with Gasteiger partial charge in [0.1, 0.15) is 0 Å². The number of carboxylic acids is 1. The van der Waals surface area contributed by atoms with Crippen LogP contribution in [0.5, 0.6) is 0 Å². The van der Waals surface area contributed by atoms with E-state index < -0.39 is 5.97 Å². The summed E-state index contributed by atoms with van der Waals surface area (Å²) in [5.74, 6) is -0.148. The molecule has 0 bridgehead atoms. The Morgan fingerprint density at radius 1 is 1.28 bits per heavy atom. The van der Waals surface area contributed by atoms with E-state index in [4.69, 9.17) is 5.11 Å². The average Bonchev–Trinajstić information content (AvgIpc) is 2.70. The molecule has 0 saturated carbocycles. The van der Waals surface area contributed by atoms with E-state index in [0.717, 1.165) is 13.1 Å². The molecule has 0 saturated heterocycles. The number of hydrogen-bond donors (Lipinski definition) is 1. The Morgan fingerprint density at radius 3 is 2.56 bits per heavy atom. The van der Waals surface area contributed by atoms with Crippen LogP contribution in [0.3, 0.4) is 0 Å². The van der Waals surface area contributed by atoms with Gasteiger partial charge in [0, 0.05) is 19.1 Å². The molecular formula is C15H21NO2. The third kappa shape index (κ3) is 2.72. The first-order valence-electron chi connectivity index (χ1n) is 6.56. The van der Waals surface area contributed by atoms with Crippen LogP contribution in [0.2, 0.25) is 0 Å². The third-order valence-corrected chi connectivity index (χ3v) is 3.64. The Hall–Kier alpha value is -1.35. The molecule has 1 aliphatic heterocycles. The van der Waals surface area contributed by atoms with Crippen molar-refractivity contribution in [2.75, 3.05) is 0 Å². The average molecular weight is 247 g/mol. The maximum atomic E-state index is 10.9. The first-order valence-corrected chi connectivity index (χ1v) is 6.56. The van der Waals surface area contributed by atoms with Crippen molar-refractivity contribution >= 4 is 5.97 Å². The number of benzene rings is 1. The molecular weight excluding hydrogens is 226 g/mol. The van der Waals surface area contributed by atoms with E-state index in [2.05, 4.69) is 25.7 Å². The van der Waals surface area contributed by atoms with Crippen LogP contribution in [0.15, 0.2) is 18.2 Å². The number of hydrogen-bond acceptors (Lipinski definition) is 2. The van der Waals surface area contributed by atoms with Gasteiger partial charge in [0.05, 0.1) is 5.56 Å². The van der Waals surface area contributed by atoms with E-state index in [9.17, 15) is 4.79 Å². The second-order valence-corrected chi connectivity index (χ2v) is 5.67. The Balaban J connectivity index is 2.10. The number of nitrogens with zero attached hydrogens (tertiary/aromatic N) is 1. The Kier molecular flexibility index (Phi) is 3.71. The minimum atomic E-state index is -0.841. The molecule has 98 valence electrons. The molecule has 1 N–H and O–H groups in total. The lowest BCUT2D eigenvalue weighted by molar-refractivity contribution is 0.0696. The zero-order valence-corrected chi connectivity index (χ0v) is 11.3. The molecule has 2 rings (SSSR count). The lowest BCUT2D eigenvalue weighted by Crippen LogP contribution is -2.29. The molecule has 0 spiro atoms. The standard InChI is InChI=1S/C15H21NO2/c1-10(2)6-11(3)16-8-13-5-4-12(15(17)18)7-14(13)9-16/h4-5,7,10-11H,6,8-9H2,1-3H3,(H,17,18). The van der Waals surface area contributed by atoms with Gasteiger partial charge in [0.2, 0.25) is 0 Å². The van der Waals surface area contributed by atoms with Crippen LogP contribution in [-0.4, -0.2) is 22.0 Å². The molecule has 0 aromatic heterocycles. The SMILES string of the molecule is CC(C)CC(C)N1Cc2ccc(C(=O)O)cc2C1. The summed E-state index contributed by atoms with van der Waals surface area (Å²) in [6, 6.07) is 6.03. The zero-order valence-electron chi connectivity index (χ0n) is 11.3. The molecule has 3 heteroatoms. The van der Waals surface area contributed by atoms with Crippen LogP contribution in [0, 0.1) is 5.92 Å². The topological polar surface area (TPSA) is 40.5 Å². The highest BCUT2D eigenvalue weighted by molar-refractivity contribution is 5.87. The van der Waals surface area contributed by atoms with E-state index in [1.54, 1.807) is 6.07 Å². The van der Waals surface area contributed by atoms with Crippen molar-refractivity contribution in [3.63, 3.8) is 0 Å². The lowest BCUT2D eigenvalue weighted by Gasteiger charge is -2.25. The second-order valence-electron chi connectivity index (χ2n) is 5.67. The van der Waals surface area contributed by atoms with E-state index in [-0.39, 0.29) is 0 Å². The highest BCUT2D eigenvalue weighted by Gasteiger charge is 2.24. The summed E-state index contributed by atoms with van der Waals surface area (Å²) in [5.41, 5.74) is 2.84. The van der Waals surface area contributed by atoms with Gasteiger partial charge < -0.3 is 5.11 Å². The molecule has 0 aliphatic carbocycles. The zero-order chi connectivity index (χ0) is 13.3. The van der Waals surface area contributed by atoms with Gasteiger partial charge in [-0.25, -0.2) is 4.79 Å². The van der Waals surface area contributed by atoms with Crippen molar-refractivity contribution in [3.05, 3.63) is 34.9 Å². The molecule has 1 aromatic rings. The minimum Gasteiger partial charge on any atom is -0.478 e. The smallest absolute Gasteiger partial charge is 0.335 e. The van der Waals surface area contributed by atoms with Crippen LogP contribution in [0.4, 0.5) is 0 Å². The van der Waals surface area contributed by atoms with Crippen molar-refractivity contribution < 1.29 is 9.90 Å². The van der Waals surface area contributed by atoms with Gasteiger partial charge >= 0.3 is 5.97 Å². The maximum Gasteiger partial charge on any atom is 0.335 e. The maximum absolute atomic E-state index is 10.9. The van der Waals surface area contributed by atoms with Crippen LogP contribution >= 0.6 is 0 Å². The molecule has 1 aromatic carbocycles. The molecule has 1 atom stereocenters. The molecule has 1 unspecified atom stereocenters. The number of aromatic carboxylic acids is 1. The highest BCUT2D eigenvalue weighted by Crippen LogP contribution is 2.27. The molecule has 18 heavy (non-hydrogen) atoms. The predicted molar refractivity (Wildman–Crippen MR) is 71.6 cm³/mol. The summed E-state index contributed by atoms with van der Waals surface area (Å²) < 4.78 is 0. The molecule has 0 radical (unpaired) electrons. The van der Waals surface area contributed by atoms with Crippen molar-refractivity contribution in [3.8, 4) is 0 Å². The summed E-state index contributed by atoms with van der Waals surface area (Å²) in [6.45, 7) is 8.56. The molecule has 0 fully saturated rings. The predicted octanol–water partition coefficient (Wildman–Crippen LogP) is 3.14. The number of rotatable bonds is 4. The quantitative estimate of drug-likeness (QED) is 0.888. The van der Waals surface area contributed by atoms with E-state index in [0.29, 0.717) is 17.5 Å². The number of carboxylic acid groups (broad SMARTS) is 1. The first-order chi connectivity index (χ1) is 8.47. The van der Waals surface area contributed by atoms with E-state index >= 15 is 0 Å². The molecule has 1 heterocycles. The van der Waals surface area contributed by atoms with Crippen molar-refractivity contribution in [2.24, 2.45) is 5.92 Å². The second kappa shape index (κ2) is 5.11. The van der Waals surface area contributed by atoms with Gasteiger partial charge in [-0.15, -0.1) is 0 Å². The van der Waals surface area contributed by atoms with Crippen molar-refractivity contribution in [1.29, 1.82) is 0 Å². The van der Waals surface area contributed by atoms with Crippen molar-refractivity contribution in [2.45, 2.75) is 46.3 Å². The van der Waals surface area contributed by atoms with Crippen LogP contribution in [0.25, 0.3) is 0 Å². The van der Waals surface area contributed by atoms with Gasteiger partial charge in [-0.1, -0.05) is 19.9 Å². The first kappa shape index (κ1) is 13.1. The molecule has 0 amide bonds. The fraction of sp³-hybridized carbons (Fsp3) is 0.533. The van der Waals surface area contributed by atoms with E-state index in [1.165, 1.54) is 17.5 Å². The van der Waals surface area contributed by atoms with Gasteiger partial charge in [0.15, 0.2) is 0 Å². The number of carbonyl (C=O) groups is 1. The fourth-order valence-corrected chi connectivity index (χ4v) is 2.70. The van der Waals surface area contributed by atoms with Gasteiger partial charge in [-0.2, -0.15) is 0 Å². The van der Waals surface area contributed by atoms with E-state index in [1.807, 2.05) is 12.1 Å². The summed E-state index contributed by atoms with van der Waals surface area (Å²) in [4.78, 5) is 13.4. The van der Waals surface area contributed by atoms with Crippen LogP contribution < -0.4 is 0 Å². The largest absolute Gasteiger partial charge is 0.478 e. The molecule has 1 aliphatic rings. The third-order valence-electron chi connectivity index (χ3n) is 3.64. The van der Waals surface area contributed by atoms with Gasteiger partial charge in [0.25, 0.3) is 0 Å². The monoisotopic (exact) mass is 247 g/mol. The summed E-state index contributed by atoms with van der Waals surface area (Å²) in [5, 5.41) is 9.00. The Bertz CT molecular complexity index is 454. The van der Waals surface area contributed by atoms with Crippen LogP contribution in [0.1, 0.15) is 48.7 Å². The highest BCUT2D eigenvalue weighted by atomic mass is 16.4. The number of fused-ring (bicyclic) bond motifs is 1. The normalized spacial score (nSPS) is 16.9. The van der Waals surface area contributed by atoms with Gasteiger partial charge in [-0.05, 0) is 42.5 Å². The molecule has 3 nitrogen and oxygen atoms in total. The summed E-state index contributed by atoms with van der Waals surface area (Å²) in [7, 11) is 0. The van der Waals surface area contributed by atoms with Crippen molar-refractivity contribution in [1.82, 2.24) is 4.90 Å². The Labute approximate surface area is 108 Å². The Morgan fingerprint density at radius 2 is 1.94 bits per heavy atom. The van der Waals surface area contributed by atoms with Gasteiger partial charge in [-0.3, -0.25) is 4.90 Å². The lowest BCUT2D eigenvalue weighted by atomic mass is 10.0. The fourth-order valence-electron chi connectivity index (χ4n) is 2.70. The summed E-state index contributed by atoms with van der Waals surface area (Å²) in [6.07, 6.45) is 1.18. The minimum absolute atomic E-state index is 0.395.